The zero-order valence-corrected chi connectivity index (χ0v) is 57.6. The molecule has 532 valence electrons. The van der Waals surface area contributed by atoms with E-state index in [1.807, 2.05) is 41.5 Å². The summed E-state index contributed by atoms with van der Waals surface area (Å²) in [4.78, 5) is 162. The van der Waals surface area contributed by atoms with Crippen LogP contribution in [0.4, 0.5) is 0 Å². The van der Waals surface area contributed by atoms with Crippen molar-refractivity contribution in [3.8, 4) is 0 Å². The van der Waals surface area contributed by atoms with Crippen LogP contribution in [0.3, 0.4) is 0 Å². The zero-order chi connectivity index (χ0) is 70.7. The summed E-state index contributed by atoms with van der Waals surface area (Å²) in [6.45, 7) is 11.4. The smallest absolute Gasteiger partial charge is 0.305 e. The minimum absolute atomic E-state index is 0.0178. The number of aliphatic carboxylic acids is 1. The maximum Gasteiger partial charge on any atom is 0.305 e. The van der Waals surface area contributed by atoms with Gasteiger partial charge in [0.15, 0.2) is 5.96 Å². The first kappa shape index (κ1) is 85.3. The number of carbonyl (C=O) groups is 12. The standard InChI is InChI=1S/C58H98ClN15O17S3/c1-57(2,3)93-34-42(73-51(83)38(15-10-11-17-60)68-45(76)29-59)54(86)70-37(16-12-18-66-56(62)63)49(81)67-30-46(77)69-40(28-48(79)80)53(85)74-43(35-94-58(4,5)6)55(87)71-39(27-36-13-8-7-9-14-36)52(84)72-41(33-92)50(82)65-20-22-89-24-26-90-25-23-88-21-19-64-47(78)32-91-31-44(61)75/h7-9,13-14,37-43,92H,10-12,15-35,60H2,1-6H3,(H2,61,75)(H,64,78)(H,65,82)(H,67,81)(H,68,76)(H,69,77)(H,70,86)(H,71,87)(H,72,84)(H,73,83)(H,74,85)(H,79,80)(H4,62,63,66)/t37-,38-,39-,40-,41-,42-,43-/m0/s1. The van der Waals surface area contributed by atoms with Crippen LogP contribution >= 0.6 is 47.8 Å². The zero-order valence-electron chi connectivity index (χ0n) is 54.3. The van der Waals surface area contributed by atoms with E-state index in [4.69, 9.17) is 53.5 Å². The van der Waals surface area contributed by atoms with E-state index >= 15 is 0 Å². The number of nitrogens with one attached hydrogen (secondary N) is 10. The van der Waals surface area contributed by atoms with E-state index in [0.717, 1.165) is 0 Å². The molecule has 0 fully saturated rings. The number of hydrogen-bond acceptors (Lipinski definition) is 21. The molecule has 1 rings (SSSR count). The van der Waals surface area contributed by atoms with Gasteiger partial charge in [-0.2, -0.15) is 36.2 Å². The fourth-order valence-corrected chi connectivity index (χ4v) is 9.94. The van der Waals surface area contributed by atoms with Gasteiger partial charge in [-0.25, -0.2) is 0 Å². The molecule has 36 heteroatoms. The van der Waals surface area contributed by atoms with E-state index in [0.29, 0.717) is 24.9 Å². The van der Waals surface area contributed by atoms with Gasteiger partial charge in [-0.3, -0.25) is 62.5 Å². The largest absolute Gasteiger partial charge is 0.481 e. The monoisotopic (exact) mass is 1410 g/mol. The van der Waals surface area contributed by atoms with E-state index < -0.39 is 142 Å². The number of thioether (sulfide) groups is 2. The van der Waals surface area contributed by atoms with E-state index in [1.54, 1.807) is 30.3 Å². The summed E-state index contributed by atoms with van der Waals surface area (Å²) in [5, 5.41) is 35.6. The highest BCUT2D eigenvalue weighted by molar-refractivity contribution is 8.00. The third-order valence-electron chi connectivity index (χ3n) is 12.5. The highest BCUT2D eigenvalue weighted by Crippen LogP contribution is 2.25. The number of amides is 11. The number of hydrogen-bond donors (Lipinski definition) is 16. The average Bonchev–Trinajstić information content (AvgIpc) is 0.973. The van der Waals surface area contributed by atoms with Gasteiger partial charge in [-0.15, -0.1) is 11.6 Å². The number of unbranched alkanes of at least 4 members (excludes halogenated alkanes) is 1. The van der Waals surface area contributed by atoms with Crippen molar-refractivity contribution < 1.29 is 81.6 Å². The van der Waals surface area contributed by atoms with Gasteiger partial charge in [0.1, 0.15) is 61.4 Å². The maximum atomic E-state index is 14.4. The number of alkyl halides is 1. The second-order valence-corrected chi connectivity index (χ2v) is 27.2. The van der Waals surface area contributed by atoms with Gasteiger partial charge >= 0.3 is 5.97 Å². The number of rotatable bonds is 50. The van der Waals surface area contributed by atoms with Crippen LogP contribution in [0.15, 0.2) is 35.3 Å². The Bertz CT molecular complexity index is 2590. The molecule has 0 unspecified atom stereocenters. The van der Waals surface area contributed by atoms with Crippen molar-refractivity contribution in [3.63, 3.8) is 0 Å². The number of aliphatic imine (C=N–C) groups is 1. The third kappa shape index (κ3) is 41.9. The Kier molecular flexibility index (Phi) is 43.6. The van der Waals surface area contributed by atoms with Crippen LogP contribution < -0.4 is 76.1 Å². The Balaban J connectivity index is 3.22. The molecule has 7 atom stereocenters. The summed E-state index contributed by atoms with van der Waals surface area (Å²) in [6, 6.07) is -0.981. The number of nitrogens with two attached hydrogens (primary N) is 4. The van der Waals surface area contributed by atoms with Crippen LogP contribution in [0.2, 0.25) is 0 Å². The molecule has 0 aliphatic carbocycles. The SMILES string of the molecule is CC(C)(C)SC[C@H](NC(=O)[C@H](CCCCN)NC(=O)CCl)C(=O)N[C@@H](CCCN=C(N)N)C(=O)NCC(=O)N[C@@H](CC(=O)O)C(=O)N[C@@H](CSC(C)(C)C)C(=O)N[C@@H](Cc1ccccc1)C(=O)N[C@@H](CS)C(=O)NCCOCCOCCOCCNC(=O)COCC(N)=O. The minimum Gasteiger partial charge on any atom is -0.481 e. The van der Waals surface area contributed by atoms with Crippen molar-refractivity contribution in [1.82, 2.24) is 53.2 Å². The molecule has 0 bridgehead atoms. The molecule has 0 aromatic heterocycles. The van der Waals surface area contributed by atoms with Crippen LogP contribution in [0, 0.1) is 0 Å². The van der Waals surface area contributed by atoms with Gasteiger partial charge in [0.25, 0.3) is 0 Å². The predicted molar refractivity (Wildman–Crippen MR) is 359 cm³/mol. The second kappa shape index (κ2) is 48.0. The van der Waals surface area contributed by atoms with Crippen molar-refractivity contribution in [2.75, 3.05) is 109 Å². The first-order valence-electron chi connectivity index (χ1n) is 30.4. The van der Waals surface area contributed by atoms with E-state index in [2.05, 4.69) is 70.8 Å². The number of carboxylic acid groups (broad SMARTS) is 1. The average molecular weight is 1410 g/mol. The summed E-state index contributed by atoms with van der Waals surface area (Å²) in [7, 11) is 0. The molecule has 0 aliphatic rings. The Morgan fingerprint density at radius 1 is 0.543 bits per heavy atom. The highest BCUT2D eigenvalue weighted by Gasteiger charge is 2.35. The van der Waals surface area contributed by atoms with Crippen LogP contribution in [0.25, 0.3) is 0 Å². The number of ether oxygens (including phenoxy) is 4. The molecule has 0 heterocycles. The lowest BCUT2D eigenvalue weighted by Crippen LogP contribution is -2.60. The predicted octanol–water partition coefficient (Wildman–Crippen LogP) is -3.59. The van der Waals surface area contributed by atoms with Gasteiger partial charge in [0, 0.05) is 52.8 Å². The number of thiol groups is 1. The molecule has 94 heavy (non-hydrogen) atoms. The van der Waals surface area contributed by atoms with Crippen LogP contribution in [-0.4, -0.2) is 243 Å². The molecule has 0 saturated carbocycles. The molecule has 1 aromatic carbocycles. The quantitative estimate of drug-likeness (QED) is 0.00986. The van der Waals surface area contributed by atoms with E-state index in [9.17, 15) is 62.6 Å². The summed E-state index contributed by atoms with van der Waals surface area (Å²) >= 11 is 12.6. The van der Waals surface area contributed by atoms with Crippen LogP contribution in [0.5, 0.6) is 0 Å². The van der Waals surface area contributed by atoms with Crippen molar-refractivity contribution in [2.24, 2.45) is 27.9 Å². The number of carbonyl (C=O) groups excluding carboxylic acids is 11. The number of carboxylic acids is 1. The van der Waals surface area contributed by atoms with Gasteiger partial charge in [-0.1, -0.05) is 71.9 Å². The third-order valence-corrected chi connectivity index (χ3v) is 15.8. The molecule has 1 aromatic rings. The van der Waals surface area contributed by atoms with Crippen molar-refractivity contribution in [1.29, 1.82) is 0 Å². The Morgan fingerprint density at radius 3 is 1.53 bits per heavy atom. The summed E-state index contributed by atoms with van der Waals surface area (Å²) < 4.78 is 20.3. The number of benzene rings is 1. The normalized spacial score (nSPS) is 13.5. The number of guanidine groups is 1. The number of halogens is 1. The molecule has 32 nitrogen and oxygen atoms in total. The van der Waals surface area contributed by atoms with E-state index in [1.165, 1.54) is 23.5 Å². The molecular weight excluding hydrogens is 1310 g/mol. The second-order valence-electron chi connectivity index (χ2n) is 22.9. The van der Waals surface area contributed by atoms with E-state index in [-0.39, 0.29) is 121 Å². The van der Waals surface area contributed by atoms with Gasteiger partial charge in [-0.05, 0) is 44.2 Å². The highest BCUT2D eigenvalue weighted by atomic mass is 35.5. The first-order valence-corrected chi connectivity index (χ1v) is 33.5. The summed E-state index contributed by atoms with van der Waals surface area (Å²) in [6.07, 6.45) is 0.136. The van der Waals surface area contributed by atoms with Crippen molar-refractivity contribution >= 4 is 125 Å². The lowest BCUT2D eigenvalue weighted by atomic mass is 10.0. The Hall–Kier alpha value is -6.73. The molecular formula is C58H98ClN15O17S3. The van der Waals surface area contributed by atoms with Gasteiger partial charge in [0.05, 0.1) is 52.6 Å². The van der Waals surface area contributed by atoms with Gasteiger partial charge < -0.3 is 100 Å². The summed E-state index contributed by atoms with van der Waals surface area (Å²) in [5.74, 6) is -11.0. The van der Waals surface area contributed by atoms with Crippen LogP contribution in [0.1, 0.15) is 85.6 Å². The fourth-order valence-electron chi connectivity index (χ4n) is 7.80. The molecule has 19 N–H and O–H groups in total. The van der Waals surface area contributed by atoms with Gasteiger partial charge in [0.2, 0.25) is 65.0 Å². The minimum atomic E-state index is -1.84. The topological polar surface area (TPSA) is 499 Å². The van der Waals surface area contributed by atoms with Crippen LogP contribution in [-0.2, 0) is 82.9 Å². The molecule has 0 radical (unpaired) electrons. The molecule has 0 aliphatic heterocycles. The Morgan fingerprint density at radius 2 is 1.01 bits per heavy atom. The maximum absolute atomic E-state index is 14.4. The number of primary amides is 1. The van der Waals surface area contributed by atoms with Crippen molar-refractivity contribution in [2.45, 2.75) is 138 Å². The lowest BCUT2D eigenvalue weighted by molar-refractivity contribution is -0.141. The molecule has 0 spiro atoms. The summed E-state index contributed by atoms with van der Waals surface area (Å²) in [5.41, 5.74) is 22.2. The Labute approximate surface area is 567 Å². The van der Waals surface area contributed by atoms with Crippen molar-refractivity contribution in [3.05, 3.63) is 35.9 Å². The molecule has 11 amide bonds. The lowest BCUT2D eigenvalue weighted by Gasteiger charge is -2.28. The fraction of sp³-hybridized carbons (Fsp3) is 0.672. The number of nitrogens with zero attached hydrogens (tertiary/aromatic N) is 1. The molecule has 0 saturated heterocycles. The first-order chi connectivity index (χ1) is 44.4.